The number of halogens is 1. The lowest BCUT2D eigenvalue weighted by molar-refractivity contribution is 0.124. The molecule has 0 saturated heterocycles. The summed E-state index contributed by atoms with van der Waals surface area (Å²) in [6, 6.07) is 16.8. The van der Waals surface area contributed by atoms with E-state index in [1.165, 1.54) is 16.8 Å². The standard InChI is InChI=1S/C17H20BrNO/c1-13(20-3)12-19(2)17-11-7-5-9-15(17)14-8-4-6-10-16(14)18/h4-11,13H,12H2,1-3H3/t13-/m0/s1. The minimum Gasteiger partial charge on any atom is -0.380 e. The molecule has 2 aromatic rings. The first kappa shape index (κ1) is 15.1. The Balaban J connectivity index is 2.38. The zero-order valence-corrected chi connectivity index (χ0v) is 13.7. The molecule has 0 radical (unpaired) electrons. The monoisotopic (exact) mass is 333 g/mol. The van der Waals surface area contributed by atoms with E-state index < -0.39 is 0 Å². The van der Waals surface area contributed by atoms with Crippen LogP contribution in [0.5, 0.6) is 0 Å². The predicted molar refractivity (Wildman–Crippen MR) is 89.3 cm³/mol. The zero-order chi connectivity index (χ0) is 14.5. The Morgan fingerprint density at radius 3 is 2.30 bits per heavy atom. The fraction of sp³-hybridized carbons (Fsp3) is 0.294. The molecular formula is C17H20BrNO. The van der Waals surface area contributed by atoms with Gasteiger partial charge >= 0.3 is 0 Å². The van der Waals surface area contributed by atoms with Crippen molar-refractivity contribution in [2.24, 2.45) is 0 Å². The second kappa shape index (κ2) is 6.91. The number of ether oxygens (including phenoxy) is 1. The lowest BCUT2D eigenvalue weighted by Gasteiger charge is -2.25. The second-order valence-electron chi connectivity index (χ2n) is 4.92. The van der Waals surface area contributed by atoms with Gasteiger partial charge in [0.2, 0.25) is 0 Å². The van der Waals surface area contributed by atoms with E-state index in [1.807, 2.05) is 6.07 Å². The molecule has 0 bridgehead atoms. The molecule has 0 N–H and O–H groups in total. The molecule has 2 aromatic carbocycles. The summed E-state index contributed by atoms with van der Waals surface area (Å²) in [5, 5.41) is 0. The molecule has 0 fully saturated rings. The van der Waals surface area contributed by atoms with Crippen LogP contribution in [0.3, 0.4) is 0 Å². The fourth-order valence-electron chi connectivity index (χ4n) is 2.27. The van der Waals surface area contributed by atoms with E-state index in [1.54, 1.807) is 7.11 Å². The summed E-state index contributed by atoms with van der Waals surface area (Å²) < 4.78 is 6.47. The number of hydrogen-bond donors (Lipinski definition) is 0. The van der Waals surface area contributed by atoms with Gasteiger partial charge in [-0.15, -0.1) is 0 Å². The third kappa shape index (κ3) is 3.41. The van der Waals surface area contributed by atoms with Gasteiger partial charge in [-0.05, 0) is 24.6 Å². The first-order valence-corrected chi connectivity index (χ1v) is 7.50. The molecule has 0 spiro atoms. The molecule has 0 aliphatic rings. The first-order valence-electron chi connectivity index (χ1n) is 6.71. The van der Waals surface area contributed by atoms with Crippen molar-refractivity contribution in [2.75, 3.05) is 25.6 Å². The maximum atomic E-state index is 5.36. The summed E-state index contributed by atoms with van der Waals surface area (Å²) in [6.07, 6.45) is 0.201. The normalized spacial score (nSPS) is 12.2. The van der Waals surface area contributed by atoms with Gasteiger partial charge in [0.25, 0.3) is 0 Å². The lowest BCUT2D eigenvalue weighted by Crippen LogP contribution is -2.28. The van der Waals surface area contributed by atoms with Crippen LogP contribution in [-0.2, 0) is 4.74 Å². The summed E-state index contributed by atoms with van der Waals surface area (Å²) >= 11 is 3.64. The molecule has 2 nitrogen and oxygen atoms in total. The van der Waals surface area contributed by atoms with Crippen molar-refractivity contribution >= 4 is 21.6 Å². The van der Waals surface area contributed by atoms with Crippen molar-refractivity contribution in [3.05, 3.63) is 53.0 Å². The van der Waals surface area contributed by atoms with E-state index in [-0.39, 0.29) is 6.10 Å². The smallest absolute Gasteiger partial charge is 0.0717 e. The summed E-state index contributed by atoms with van der Waals surface area (Å²) in [6.45, 7) is 2.94. The Labute approximate surface area is 129 Å². The fourth-order valence-corrected chi connectivity index (χ4v) is 2.77. The van der Waals surface area contributed by atoms with Crippen LogP contribution in [0.1, 0.15) is 6.92 Å². The summed E-state index contributed by atoms with van der Waals surface area (Å²) in [5.74, 6) is 0. The van der Waals surface area contributed by atoms with E-state index in [9.17, 15) is 0 Å². The van der Waals surface area contributed by atoms with E-state index in [0.717, 1.165) is 11.0 Å². The van der Waals surface area contributed by atoms with Crippen LogP contribution in [0.4, 0.5) is 5.69 Å². The van der Waals surface area contributed by atoms with Gasteiger partial charge in [0.15, 0.2) is 0 Å². The number of methoxy groups -OCH3 is 1. The molecule has 0 aliphatic heterocycles. The molecule has 0 aromatic heterocycles. The van der Waals surface area contributed by atoms with Crippen molar-refractivity contribution in [3.8, 4) is 11.1 Å². The van der Waals surface area contributed by atoms with Gasteiger partial charge in [-0.25, -0.2) is 0 Å². The number of rotatable bonds is 5. The average molecular weight is 334 g/mol. The molecule has 1 atom stereocenters. The number of nitrogens with zero attached hydrogens (tertiary/aromatic N) is 1. The highest BCUT2D eigenvalue weighted by Gasteiger charge is 2.12. The van der Waals surface area contributed by atoms with Crippen LogP contribution in [0.25, 0.3) is 11.1 Å². The zero-order valence-electron chi connectivity index (χ0n) is 12.1. The van der Waals surface area contributed by atoms with Crippen LogP contribution in [-0.4, -0.2) is 26.8 Å². The van der Waals surface area contributed by atoms with Crippen molar-refractivity contribution in [1.82, 2.24) is 0 Å². The van der Waals surface area contributed by atoms with Crippen LogP contribution in [0.2, 0.25) is 0 Å². The van der Waals surface area contributed by atoms with Crippen LogP contribution in [0.15, 0.2) is 53.0 Å². The summed E-state index contributed by atoms with van der Waals surface area (Å²) in [7, 11) is 3.85. The minimum atomic E-state index is 0.201. The third-order valence-corrected chi connectivity index (χ3v) is 4.10. The van der Waals surface area contributed by atoms with E-state index in [4.69, 9.17) is 4.74 Å². The van der Waals surface area contributed by atoms with Gasteiger partial charge in [0.1, 0.15) is 0 Å². The molecule has 0 unspecified atom stereocenters. The second-order valence-corrected chi connectivity index (χ2v) is 5.78. The quantitative estimate of drug-likeness (QED) is 0.793. The molecule has 0 heterocycles. The van der Waals surface area contributed by atoms with Crippen molar-refractivity contribution in [3.63, 3.8) is 0 Å². The van der Waals surface area contributed by atoms with Crippen LogP contribution >= 0.6 is 15.9 Å². The molecule has 20 heavy (non-hydrogen) atoms. The van der Waals surface area contributed by atoms with Gasteiger partial charge in [-0.3, -0.25) is 0 Å². The van der Waals surface area contributed by atoms with Gasteiger partial charge in [0, 0.05) is 36.4 Å². The Hall–Kier alpha value is -1.32. The molecule has 0 aliphatic carbocycles. The van der Waals surface area contributed by atoms with Crippen molar-refractivity contribution in [2.45, 2.75) is 13.0 Å². The predicted octanol–water partition coefficient (Wildman–Crippen LogP) is 4.59. The maximum absolute atomic E-state index is 5.36. The van der Waals surface area contributed by atoms with E-state index >= 15 is 0 Å². The number of benzene rings is 2. The Morgan fingerprint density at radius 2 is 1.65 bits per heavy atom. The Kier molecular flexibility index (Phi) is 5.21. The molecule has 106 valence electrons. The maximum Gasteiger partial charge on any atom is 0.0717 e. The van der Waals surface area contributed by atoms with Crippen molar-refractivity contribution in [1.29, 1.82) is 0 Å². The van der Waals surface area contributed by atoms with Crippen LogP contribution in [0, 0.1) is 0 Å². The van der Waals surface area contributed by atoms with Gasteiger partial charge in [-0.2, -0.15) is 0 Å². The summed E-state index contributed by atoms with van der Waals surface area (Å²) in [4.78, 5) is 2.24. The molecule has 3 heteroatoms. The topological polar surface area (TPSA) is 12.5 Å². The number of likely N-dealkylation sites (N-methyl/N-ethyl adjacent to an activating group) is 1. The van der Waals surface area contributed by atoms with Gasteiger partial charge in [0.05, 0.1) is 6.10 Å². The third-order valence-electron chi connectivity index (χ3n) is 3.41. The minimum absolute atomic E-state index is 0.201. The molecule has 2 rings (SSSR count). The first-order chi connectivity index (χ1) is 9.63. The van der Waals surface area contributed by atoms with E-state index in [2.05, 4.69) is 77.3 Å². The highest BCUT2D eigenvalue weighted by molar-refractivity contribution is 9.10. The Morgan fingerprint density at radius 1 is 1.05 bits per heavy atom. The van der Waals surface area contributed by atoms with Crippen molar-refractivity contribution < 1.29 is 4.74 Å². The molecule has 0 amide bonds. The number of para-hydroxylation sites is 1. The van der Waals surface area contributed by atoms with Gasteiger partial charge in [-0.1, -0.05) is 52.3 Å². The summed E-state index contributed by atoms with van der Waals surface area (Å²) in [5.41, 5.74) is 3.65. The molecule has 0 saturated carbocycles. The van der Waals surface area contributed by atoms with E-state index in [0.29, 0.717) is 0 Å². The highest BCUT2D eigenvalue weighted by atomic mass is 79.9. The van der Waals surface area contributed by atoms with Gasteiger partial charge < -0.3 is 9.64 Å². The Bertz CT molecular complexity index is 570. The number of hydrogen-bond acceptors (Lipinski definition) is 2. The largest absolute Gasteiger partial charge is 0.380 e. The number of anilines is 1. The molecular weight excluding hydrogens is 314 g/mol. The SMILES string of the molecule is CO[C@@H](C)CN(C)c1ccccc1-c1ccccc1Br. The average Bonchev–Trinajstić information content (AvgIpc) is 2.47. The lowest BCUT2D eigenvalue weighted by atomic mass is 10.0. The van der Waals surface area contributed by atoms with Crippen LogP contribution < -0.4 is 4.90 Å². The highest BCUT2D eigenvalue weighted by Crippen LogP contribution is 2.34.